The van der Waals surface area contributed by atoms with Crippen molar-refractivity contribution in [1.82, 2.24) is 5.32 Å². The highest BCUT2D eigenvalue weighted by atomic mass is 16.6. The van der Waals surface area contributed by atoms with Gasteiger partial charge in [-0.2, -0.15) is 0 Å². The molecule has 0 heterocycles. The minimum atomic E-state index is -0.330. The Bertz CT molecular complexity index is 231. The highest BCUT2D eigenvalue weighted by molar-refractivity contribution is 5.18. The van der Waals surface area contributed by atoms with E-state index in [2.05, 4.69) is 5.32 Å². The Kier molecular flexibility index (Phi) is 2.25. The lowest BCUT2D eigenvalue weighted by Crippen LogP contribution is -2.10. The van der Waals surface area contributed by atoms with Crippen LogP contribution in [0.3, 0.4) is 0 Å². The molecule has 0 atom stereocenters. The van der Waals surface area contributed by atoms with Crippen molar-refractivity contribution in [2.45, 2.75) is 12.8 Å². The van der Waals surface area contributed by atoms with Crippen LogP contribution in [0.2, 0.25) is 0 Å². The molecular formula is C7H10N2O2. The average molecular weight is 154 g/mol. The second-order valence-corrected chi connectivity index (χ2v) is 2.36. The zero-order valence-corrected chi connectivity index (χ0v) is 6.33. The molecule has 0 aromatic heterocycles. The molecule has 0 bridgehead atoms. The van der Waals surface area contributed by atoms with Gasteiger partial charge in [-0.15, -0.1) is 0 Å². The summed E-state index contributed by atoms with van der Waals surface area (Å²) in [7, 11) is 1.82. The van der Waals surface area contributed by atoms with Crippen LogP contribution >= 0.6 is 0 Å². The van der Waals surface area contributed by atoms with Crippen molar-refractivity contribution in [3.8, 4) is 0 Å². The fourth-order valence-electron chi connectivity index (χ4n) is 0.987. The molecule has 0 aromatic carbocycles. The number of rotatable bonds is 2. The normalized spacial score (nSPS) is 16.8. The maximum Gasteiger partial charge on any atom is 0.246 e. The van der Waals surface area contributed by atoms with Crippen molar-refractivity contribution in [3.05, 3.63) is 33.7 Å². The van der Waals surface area contributed by atoms with Crippen LogP contribution in [0.5, 0.6) is 0 Å². The third-order valence-corrected chi connectivity index (χ3v) is 1.68. The molecule has 4 heteroatoms. The molecule has 1 N–H and O–H groups in total. The molecular weight excluding hydrogens is 144 g/mol. The molecule has 4 nitrogen and oxygen atoms in total. The van der Waals surface area contributed by atoms with Crippen molar-refractivity contribution < 1.29 is 4.92 Å². The quantitative estimate of drug-likeness (QED) is 0.477. The van der Waals surface area contributed by atoms with Crippen LogP contribution in [0.4, 0.5) is 0 Å². The van der Waals surface area contributed by atoms with Crippen molar-refractivity contribution in [2.24, 2.45) is 0 Å². The summed E-state index contributed by atoms with van der Waals surface area (Å²) in [6.45, 7) is 0. The Balaban J connectivity index is 2.69. The van der Waals surface area contributed by atoms with Crippen molar-refractivity contribution in [2.75, 3.05) is 7.05 Å². The Hall–Kier alpha value is -1.32. The van der Waals surface area contributed by atoms with Gasteiger partial charge >= 0.3 is 0 Å². The molecule has 0 saturated heterocycles. The van der Waals surface area contributed by atoms with E-state index in [-0.39, 0.29) is 4.92 Å². The van der Waals surface area contributed by atoms with Crippen molar-refractivity contribution >= 4 is 0 Å². The average Bonchev–Trinajstić information content (AvgIpc) is 2.05. The summed E-state index contributed by atoms with van der Waals surface area (Å²) in [6, 6.07) is 0. The van der Waals surface area contributed by atoms with Crippen LogP contribution in [0, 0.1) is 10.1 Å². The van der Waals surface area contributed by atoms with E-state index in [9.17, 15) is 10.1 Å². The summed E-state index contributed by atoms with van der Waals surface area (Å²) in [6.07, 6.45) is 4.57. The topological polar surface area (TPSA) is 55.2 Å². The zero-order chi connectivity index (χ0) is 8.27. The number of hydrogen-bond donors (Lipinski definition) is 1. The predicted molar refractivity (Wildman–Crippen MR) is 41.5 cm³/mol. The first kappa shape index (κ1) is 7.78. The second kappa shape index (κ2) is 3.18. The summed E-state index contributed by atoms with van der Waals surface area (Å²) < 4.78 is 0. The summed E-state index contributed by atoms with van der Waals surface area (Å²) in [5, 5.41) is 13.2. The smallest absolute Gasteiger partial charge is 0.246 e. The molecule has 1 aliphatic carbocycles. The Labute approximate surface area is 64.7 Å². The van der Waals surface area contributed by atoms with E-state index in [0.717, 1.165) is 12.1 Å². The van der Waals surface area contributed by atoms with Gasteiger partial charge in [0, 0.05) is 25.2 Å². The van der Waals surface area contributed by atoms with Crippen LogP contribution in [0.15, 0.2) is 23.5 Å². The number of allylic oxidation sites excluding steroid dienone is 4. The molecule has 0 unspecified atom stereocenters. The van der Waals surface area contributed by atoms with E-state index >= 15 is 0 Å². The van der Waals surface area contributed by atoms with Gasteiger partial charge in [-0.05, 0) is 12.5 Å². The first-order chi connectivity index (χ1) is 5.24. The molecule has 0 radical (unpaired) electrons. The first-order valence-corrected chi connectivity index (χ1v) is 3.46. The lowest BCUT2D eigenvalue weighted by molar-refractivity contribution is -0.428. The maximum absolute atomic E-state index is 10.2. The van der Waals surface area contributed by atoms with Crippen LogP contribution in [-0.2, 0) is 0 Å². The van der Waals surface area contributed by atoms with Gasteiger partial charge in [-0.1, -0.05) is 0 Å². The third-order valence-electron chi connectivity index (χ3n) is 1.68. The fourth-order valence-corrected chi connectivity index (χ4v) is 0.987. The Morgan fingerprint density at radius 1 is 1.55 bits per heavy atom. The first-order valence-electron chi connectivity index (χ1n) is 3.46. The summed E-state index contributed by atoms with van der Waals surface area (Å²) in [5.74, 6) is 0. The van der Waals surface area contributed by atoms with Crippen LogP contribution in [-0.4, -0.2) is 12.0 Å². The van der Waals surface area contributed by atoms with E-state index in [1.54, 1.807) is 12.2 Å². The van der Waals surface area contributed by atoms with Crippen molar-refractivity contribution in [1.29, 1.82) is 0 Å². The van der Waals surface area contributed by atoms with Crippen molar-refractivity contribution in [3.63, 3.8) is 0 Å². The van der Waals surface area contributed by atoms with E-state index in [1.165, 1.54) is 0 Å². The maximum atomic E-state index is 10.2. The standard InChI is InChI=1S/C7H10N2O2/c1-8-6-2-4-7(5-3-6)9(10)11/h2,4,8H,3,5H2,1H3. The van der Waals surface area contributed by atoms with E-state index in [0.29, 0.717) is 12.1 Å². The lowest BCUT2D eigenvalue weighted by Gasteiger charge is -2.08. The number of nitrogens with zero attached hydrogens (tertiary/aromatic N) is 1. The van der Waals surface area contributed by atoms with Gasteiger partial charge in [0.1, 0.15) is 0 Å². The highest BCUT2D eigenvalue weighted by Crippen LogP contribution is 2.15. The number of nitro groups is 1. The Morgan fingerprint density at radius 2 is 2.27 bits per heavy atom. The van der Waals surface area contributed by atoms with Gasteiger partial charge in [0.15, 0.2) is 0 Å². The molecule has 0 fully saturated rings. The largest absolute Gasteiger partial charge is 0.391 e. The van der Waals surface area contributed by atoms with E-state index < -0.39 is 0 Å². The van der Waals surface area contributed by atoms with Gasteiger partial charge in [0.25, 0.3) is 0 Å². The second-order valence-electron chi connectivity index (χ2n) is 2.36. The van der Waals surface area contributed by atoms with Crippen LogP contribution in [0.1, 0.15) is 12.8 Å². The molecule has 11 heavy (non-hydrogen) atoms. The highest BCUT2D eigenvalue weighted by Gasteiger charge is 2.13. The lowest BCUT2D eigenvalue weighted by atomic mass is 10.1. The molecule has 0 aromatic rings. The molecule has 0 amide bonds. The molecule has 0 saturated carbocycles. The van der Waals surface area contributed by atoms with E-state index in [4.69, 9.17) is 0 Å². The predicted octanol–water partition coefficient (Wildman–Crippen LogP) is 1.04. The molecule has 1 aliphatic rings. The van der Waals surface area contributed by atoms with Crippen LogP contribution < -0.4 is 5.32 Å². The minimum Gasteiger partial charge on any atom is -0.391 e. The van der Waals surface area contributed by atoms with Gasteiger partial charge < -0.3 is 5.32 Å². The van der Waals surface area contributed by atoms with Gasteiger partial charge in [-0.3, -0.25) is 10.1 Å². The van der Waals surface area contributed by atoms with E-state index in [1.807, 2.05) is 7.05 Å². The molecule has 0 aliphatic heterocycles. The monoisotopic (exact) mass is 154 g/mol. The molecule has 60 valence electrons. The zero-order valence-electron chi connectivity index (χ0n) is 6.33. The Morgan fingerprint density at radius 3 is 2.64 bits per heavy atom. The number of hydrogen-bond acceptors (Lipinski definition) is 3. The van der Waals surface area contributed by atoms with Gasteiger partial charge in [0.05, 0.1) is 4.92 Å². The number of nitrogens with one attached hydrogen (secondary N) is 1. The van der Waals surface area contributed by atoms with Gasteiger partial charge in [0.2, 0.25) is 5.70 Å². The minimum absolute atomic E-state index is 0.295. The molecule has 1 rings (SSSR count). The third kappa shape index (κ3) is 1.80. The summed E-state index contributed by atoms with van der Waals surface area (Å²) >= 11 is 0. The SMILES string of the molecule is CNC1=CC=C([N+](=O)[O-])CC1. The van der Waals surface area contributed by atoms with Gasteiger partial charge in [-0.25, -0.2) is 0 Å². The fraction of sp³-hybridized carbons (Fsp3) is 0.429. The summed E-state index contributed by atoms with van der Waals surface area (Å²) in [5.41, 5.74) is 1.35. The molecule has 0 spiro atoms. The summed E-state index contributed by atoms with van der Waals surface area (Å²) in [4.78, 5) is 9.91. The van der Waals surface area contributed by atoms with Crippen LogP contribution in [0.25, 0.3) is 0 Å².